The quantitative estimate of drug-likeness (QED) is 0.533. The Morgan fingerprint density at radius 1 is 1.38 bits per heavy atom. The first kappa shape index (κ1) is 12.7. The van der Waals surface area contributed by atoms with Crippen LogP contribution in [0.2, 0.25) is 0 Å². The van der Waals surface area contributed by atoms with E-state index >= 15 is 0 Å². The summed E-state index contributed by atoms with van der Waals surface area (Å²) < 4.78 is 5.06. The highest BCUT2D eigenvalue weighted by atomic mass is 16.5. The van der Waals surface area contributed by atoms with Gasteiger partial charge in [0.25, 0.3) is 0 Å². The van der Waals surface area contributed by atoms with Crippen molar-refractivity contribution in [2.24, 2.45) is 5.41 Å². The number of ether oxygens (including phenoxy) is 1. The Morgan fingerprint density at radius 2 is 1.94 bits per heavy atom. The summed E-state index contributed by atoms with van der Waals surface area (Å²) in [5.41, 5.74) is 1.11. The SMILES string of the molecule is C=C(C)C(=O)OC1=C(C)CC(C)(C)CC1=O. The molecule has 0 aliphatic heterocycles. The Hall–Kier alpha value is -1.38. The summed E-state index contributed by atoms with van der Waals surface area (Å²) in [6, 6.07) is 0. The zero-order valence-corrected chi connectivity index (χ0v) is 10.3. The molecule has 1 aliphatic carbocycles. The van der Waals surface area contributed by atoms with E-state index in [-0.39, 0.29) is 17.0 Å². The molecule has 0 aromatic heterocycles. The van der Waals surface area contributed by atoms with Gasteiger partial charge in [-0.3, -0.25) is 4.79 Å². The minimum atomic E-state index is -0.526. The van der Waals surface area contributed by atoms with E-state index in [2.05, 4.69) is 6.58 Å². The van der Waals surface area contributed by atoms with Crippen molar-refractivity contribution < 1.29 is 14.3 Å². The number of carbonyl (C=O) groups is 2. The Labute approximate surface area is 96.2 Å². The molecule has 16 heavy (non-hydrogen) atoms. The van der Waals surface area contributed by atoms with E-state index in [4.69, 9.17) is 4.74 Å². The number of Topliss-reactive ketones (excluding diaryl/α,β-unsaturated/α-hetero) is 1. The maximum atomic E-state index is 11.8. The van der Waals surface area contributed by atoms with Crippen LogP contribution in [-0.2, 0) is 14.3 Å². The second-order valence-corrected chi connectivity index (χ2v) is 5.22. The van der Waals surface area contributed by atoms with E-state index in [1.165, 1.54) is 0 Å². The highest BCUT2D eigenvalue weighted by Gasteiger charge is 2.33. The Balaban J connectivity index is 2.92. The van der Waals surface area contributed by atoms with Crippen LogP contribution >= 0.6 is 0 Å². The van der Waals surface area contributed by atoms with Gasteiger partial charge in [0, 0.05) is 12.0 Å². The van der Waals surface area contributed by atoms with E-state index in [1.807, 2.05) is 20.8 Å². The van der Waals surface area contributed by atoms with Crippen LogP contribution in [0.1, 0.15) is 40.5 Å². The standard InChI is InChI=1S/C13H18O3/c1-8(2)12(15)16-11-9(3)6-13(4,5)7-10(11)14/h1,6-7H2,2-5H3. The molecule has 0 N–H and O–H groups in total. The molecule has 0 aromatic rings. The van der Waals surface area contributed by atoms with Crippen molar-refractivity contribution >= 4 is 11.8 Å². The van der Waals surface area contributed by atoms with Gasteiger partial charge >= 0.3 is 5.97 Å². The molecule has 0 spiro atoms. The summed E-state index contributed by atoms with van der Waals surface area (Å²) in [5.74, 6) is -0.405. The maximum Gasteiger partial charge on any atom is 0.338 e. The van der Waals surface area contributed by atoms with Gasteiger partial charge in [-0.1, -0.05) is 20.4 Å². The predicted molar refractivity (Wildman–Crippen MR) is 61.6 cm³/mol. The largest absolute Gasteiger partial charge is 0.419 e. The third kappa shape index (κ3) is 2.81. The first-order valence-corrected chi connectivity index (χ1v) is 5.33. The lowest BCUT2D eigenvalue weighted by molar-refractivity contribution is -0.139. The Kier molecular flexibility index (Phi) is 3.36. The van der Waals surface area contributed by atoms with Crippen molar-refractivity contribution in [3.05, 3.63) is 23.5 Å². The average Bonchev–Trinajstić information content (AvgIpc) is 2.09. The smallest absolute Gasteiger partial charge is 0.338 e. The van der Waals surface area contributed by atoms with E-state index in [1.54, 1.807) is 6.92 Å². The number of allylic oxidation sites excluding steroid dienone is 2. The molecule has 3 nitrogen and oxygen atoms in total. The maximum absolute atomic E-state index is 11.8. The number of carbonyl (C=O) groups excluding carboxylic acids is 2. The summed E-state index contributed by atoms with van der Waals surface area (Å²) >= 11 is 0. The fraction of sp³-hybridized carbons (Fsp3) is 0.538. The fourth-order valence-electron chi connectivity index (χ4n) is 1.94. The van der Waals surface area contributed by atoms with E-state index < -0.39 is 5.97 Å². The summed E-state index contributed by atoms with van der Waals surface area (Å²) in [6.45, 7) is 11.0. The summed E-state index contributed by atoms with van der Waals surface area (Å²) in [7, 11) is 0. The van der Waals surface area contributed by atoms with Crippen LogP contribution in [-0.4, -0.2) is 11.8 Å². The third-order valence-corrected chi connectivity index (χ3v) is 2.57. The summed E-state index contributed by atoms with van der Waals surface area (Å²) in [5, 5.41) is 0. The monoisotopic (exact) mass is 222 g/mol. The second-order valence-electron chi connectivity index (χ2n) is 5.22. The second kappa shape index (κ2) is 4.24. The Bertz CT molecular complexity index is 386. The van der Waals surface area contributed by atoms with Crippen molar-refractivity contribution in [1.29, 1.82) is 0 Å². The van der Waals surface area contributed by atoms with E-state index in [9.17, 15) is 9.59 Å². The van der Waals surface area contributed by atoms with Crippen LogP contribution in [0.25, 0.3) is 0 Å². The highest BCUT2D eigenvalue weighted by molar-refractivity contribution is 5.99. The first-order chi connectivity index (χ1) is 7.23. The number of esters is 1. The molecule has 0 saturated heterocycles. The van der Waals surface area contributed by atoms with Gasteiger partial charge in [-0.05, 0) is 31.3 Å². The zero-order chi connectivity index (χ0) is 12.5. The molecule has 0 bridgehead atoms. The fourth-order valence-corrected chi connectivity index (χ4v) is 1.94. The van der Waals surface area contributed by atoms with Gasteiger partial charge in [-0.2, -0.15) is 0 Å². The van der Waals surface area contributed by atoms with Gasteiger partial charge in [0.15, 0.2) is 11.5 Å². The van der Waals surface area contributed by atoms with Crippen molar-refractivity contribution in [2.45, 2.75) is 40.5 Å². The topological polar surface area (TPSA) is 43.4 Å². The number of hydrogen-bond acceptors (Lipinski definition) is 3. The number of rotatable bonds is 2. The molecule has 0 aromatic carbocycles. The van der Waals surface area contributed by atoms with E-state index in [0.29, 0.717) is 12.0 Å². The van der Waals surface area contributed by atoms with Crippen molar-refractivity contribution in [3.63, 3.8) is 0 Å². The van der Waals surface area contributed by atoms with Gasteiger partial charge < -0.3 is 4.74 Å². The van der Waals surface area contributed by atoms with E-state index in [0.717, 1.165) is 12.0 Å². The first-order valence-electron chi connectivity index (χ1n) is 5.33. The molecule has 0 atom stereocenters. The lowest BCUT2D eigenvalue weighted by Gasteiger charge is -2.30. The zero-order valence-electron chi connectivity index (χ0n) is 10.3. The molecule has 0 amide bonds. The van der Waals surface area contributed by atoms with Crippen molar-refractivity contribution in [1.82, 2.24) is 0 Å². The summed E-state index contributed by atoms with van der Waals surface area (Å²) in [4.78, 5) is 23.2. The molecular weight excluding hydrogens is 204 g/mol. The van der Waals surface area contributed by atoms with Crippen LogP contribution in [0.3, 0.4) is 0 Å². The van der Waals surface area contributed by atoms with Crippen molar-refractivity contribution in [2.75, 3.05) is 0 Å². The van der Waals surface area contributed by atoms with Crippen LogP contribution in [0, 0.1) is 5.41 Å². The minimum absolute atomic E-state index is 0.0414. The minimum Gasteiger partial charge on any atom is -0.419 e. The molecule has 1 aliphatic rings. The van der Waals surface area contributed by atoms with Crippen LogP contribution < -0.4 is 0 Å². The molecule has 88 valence electrons. The average molecular weight is 222 g/mol. The molecule has 0 unspecified atom stereocenters. The number of hydrogen-bond donors (Lipinski definition) is 0. The highest BCUT2D eigenvalue weighted by Crippen LogP contribution is 2.36. The molecular formula is C13H18O3. The van der Waals surface area contributed by atoms with Gasteiger partial charge in [0.2, 0.25) is 0 Å². The van der Waals surface area contributed by atoms with Gasteiger partial charge in [-0.25, -0.2) is 4.79 Å². The predicted octanol–water partition coefficient (Wildman–Crippen LogP) is 2.77. The lowest BCUT2D eigenvalue weighted by atomic mass is 9.76. The van der Waals surface area contributed by atoms with Crippen LogP contribution in [0.15, 0.2) is 23.5 Å². The van der Waals surface area contributed by atoms with Gasteiger partial charge in [0.05, 0.1) is 0 Å². The molecule has 1 rings (SSSR count). The molecule has 0 saturated carbocycles. The number of ketones is 1. The van der Waals surface area contributed by atoms with Gasteiger partial charge in [-0.15, -0.1) is 0 Å². The summed E-state index contributed by atoms with van der Waals surface area (Å²) in [6.07, 6.45) is 1.20. The lowest BCUT2D eigenvalue weighted by Crippen LogP contribution is -2.27. The van der Waals surface area contributed by atoms with Crippen molar-refractivity contribution in [3.8, 4) is 0 Å². The Morgan fingerprint density at radius 3 is 2.38 bits per heavy atom. The van der Waals surface area contributed by atoms with Crippen LogP contribution in [0.4, 0.5) is 0 Å². The van der Waals surface area contributed by atoms with Gasteiger partial charge in [0.1, 0.15) is 0 Å². The molecule has 0 fully saturated rings. The third-order valence-electron chi connectivity index (χ3n) is 2.57. The molecule has 0 heterocycles. The van der Waals surface area contributed by atoms with Crippen LogP contribution in [0.5, 0.6) is 0 Å². The normalized spacial score (nSPS) is 19.6. The molecule has 3 heteroatoms. The molecule has 0 radical (unpaired) electrons.